The molecule has 210 valence electrons. The van der Waals surface area contributed by atoms with Crippen LogP contribution in [0.15, 0.2) is 82.9 Å². The fraction of sp³-hybridized carbons (Fsp3) is 0.242. The third-order valence-electron chi connectivity index (χ3n) is 7.74. The van der Waals surface area contributed by atoms with Crippen LogP contribution in [0.3, 0.4) is 0 Å². The summed E-state index contributed by atoms with van der Waals surface area (Å²) >= 11 is 8.01. The van der Waals surface area contributed by atoms with Gasteiger partial charge in [-0.3, -0.25) is 4.79 Å². The zero-order valence-corrected chi connectivity index (χ0v) is 24.7. The van der Waals surface area contributed by atoms with Gasteiger partial charge in [-0.25, -0.2) is 4.39 Å². The Labute approximate surface area is 249 Å². The van der Waals surface area contributed by atoms with Crippen LogP contribution >= 0.6 is 23.4 Å². The summed E-state index contributed by atoms with van der Waals surface area (Å²) in [5.74, 6) is -0.360. The van der Waals surface area contributed by atoms with Crippen LogP contribution in [0.5, 0.6) is 0 Å². The van der Waals surface area contributed by atoms with Crippen LogP contribution in [-0.2, 0) is 4.79 Å². The van der Waals surface area contributed by atoms with Gasteiger partial charge in [-0.15, -0.1) is 0 Å². The molecule has 1 fully saturated rings. The molecule has 0 radical (unpaired) electrons. The van der Waals surface area contributed by atoms with E-state index in [9.17, 15) is 9.18 Å². The number of carbonyl (C=O) groups is 1. The Kier molecular flexibility index (Phi) is 7.93. The van der Waals surface area contributed by atoms with Crippen molar-refractivity contribution in [2.24, 2.45) is 0 Å². The largest absolute Gasteiger partial charge is 0.361 e. The van der Waals surface area contributed by atoms with Gasteiger partial charge in [0.15, 0.2) is 0 Å². The first-order valence-corrected chi connectivity index (χ1v) is 15.2. The van der Waals surface area contributed by atoms with Gasteiger partial charge in [-0.05, 0) is 74.6 Å². The van der Waals surface area contributed by atoms with Crippen LogP contribution in [0.1, 0.15) is 31.4 Å². The molecule has 3 heterocycles. The van der Waals surface area contributed by atoms with Gasteiger partial charge in [0.2, 0.25) is 0 Å². The average Bonchev–Trinajstić information content (AvgIpc) is 3.63. The van der Waals surface area contributed by atoms with Gasteiger partial charge in [0.25, 0.3) is 5.91 Å². The predicted octanol–water partition coefficient (Wildman–Crippen LogP) is 7.87. The molecule has 41 heavy (non-hydrogen) atoms. The first-order valence-electron chi connectivity index (χ1n) is 14.0. The van der Waals surface area contributed by atoms with Crippen molar-refractivity contribution in [2.75, 3.05) is 38.0 Å². The number of carbonyl (C=O) groups excluding carboxylic acids is 1. The summed E-state index contributed by atoms with van der Waals surface area (Å²) in [6, 6.07) is 20.4. The highest BCUT2D eigenvalue weighted by Crippen LogP contribution is 2.46. The molecule has 1 aromatic heterocycles. The number of amides is 1. The molecule has 1 N–H and O–H groups in total. The number of hydrogen-bond acceptors (Lipinski definition) is 4. The standard InChI is InChI=1S/C33H32ClFN4OS/c1-3-37(4-2)15-8-16-38-21-26(41-33(38)31-28-18-23(34)13-14-29(28)36-32(31)40)17-22-20-39(25-10-7-9-24(35)19-25)30-12-6-5-11-27(22)30/h5-7,9-14,17-20H,3-4,8,15-16,21H2,1-2H3,(H,36,40). The Balaban J connectivity index is 1.40. The molecule has 2 aliphatic rings. The fourth-order valence-electron chi connectivity index (χ4n) is 5.66. The number of halogens is 2. The van der Waals surface area contributed by atoms with Crippen LogP contribution in [0.25, 0.3) is 28.2 Å². The molecule has 0 bridgehead atoms. The Hall–Kier alpha value is -3.52. The number of para-hydroxylation sites is 1. The Morgan fingerprint density at radius 2 is 1.90 bits per heavy atom. The quantitative estimate of drug-likeness (QED) is 0.213. The van der Waals surface area contributed by atoms with E-state index in [1.165, 1.54) is 6.07 Å². The number of nitrogens with zero attached hydrogens (tertiary/aromatic N) is 3. The third kappa shape index (κ3) is 5.54. The molecular weight excluding hydrogens is 555 g/mol. The van der Waals surface area contributed by atoms with E-state index in [0.717, 1.165) is 75.9 Å². The Morgan fingerprint density at radius 1 is 1.07 bits per heavy atom. The maximum atomic E-state index is 14.1. The minimum Gasteiger partial charge on any atom is -0.361 e. The van der Waals surface area contributed by atoms with E-state index in [4.69, 9.17) is 11.6 Å². The van der Waals surface area contributed by atoms with Gasteiger partial charge in [-0.1, -0.05) is 61.5 Å². The maximum absolute atomic E-state index is 14.1. The number of benzene rings is 3. The van der Waals surface area contributed by atoms with Crippen molar-refractivity contribution in [3.63, 3.8) is 0 Å². The highest BCUT2D eigenvalue weighted by Gasteiger charge is 2.34. The summed E-state index contributed by atoms with van der Waals surface area (Å²) in [7, 11) is 0. The van der Waals surface area contributed by atoms with Crippen molar-refractivity contribution in [1.82, 2.24) is 14.4 Å². The van der Waals surface area contributed by atoms with E-state index in [0.29, 0.717) is 17.1 Å². The number of hydrogen-bond donors (Lipinski definition) is 1. The summed E-state index contributed by atoms with van der Waals surface area (Å²) in [4.78, 5) is 19.2. The zero-order chi connectivity index (χ0) is 28.5. The van der Waals surface area contributed by atoms with Crippen molar-refractivity contribution >= 4 is 57.5 Å². The number of anilines is 1. The van der Waals surface area contributed by atoms with Crippen LogP contribution < -0.4 is 5.32 Å². The third-order valence-corrected chi connectivity index (χ3v) is 9.14. The van der Waals surface area contributed by atoms with Crippen LogP contribution in [0.4, 0.5) is 10.1 Å². The first kappa shape index (κ1) is 27.6. The minimum atomic E-state index is -0.265. The number of fused-ring (bicyclic) bond motifs is 2. The molecule has 0 atom stereocenters. The average molecular weight is 587 g/mol. The predicted molar refractivity (Wildman–Crippen MR) is 170 cm³/mol. The van der Waals surface area contributed by atoms with E-state index in [-0.39, 0.29) is 11.7 Å². The normalized spacial score (nSPS) is 17.7. The Bertz CT molecular complexity index is 1690. The lowest BCUT2D eigenvalue weighted by atomic mass is 10.1. The molecule has 6 rings (SSSR count). The van der Waals surface area contributed by atoms with Crippen LogP contribution in [-0.4, -0.2) is 53.0 Å². The van der Waals surface area contributed by atoms with E-state index < -0.39 is 0 Å². The maximum Gasteiger partial charge on any atom is 0.259 e. The molecule has 0 saturated carbocycles. The van der Waals surface area contributed by atoms with Gasteiger partial charge in [-0.2, -0.15) is 0 Å². The lowest BCUT2D eigenvalue weighted by Gasteiger charge is -2.23. The molecule has 1 amide bonds. The Morgan fingerprint density at radius 3 is 2.71 bits per heavy atom. The molecule has 0 unspecified atom stereocenters. The van der Waals surface area contributed by atoms with Crippen molar-refractivity contribution < 1.29 is 9.18 Å². The SMILES string of the molecule is CCN(CC)CCCN1CC(=Cc2cn(-c3cccc(F)c3)c3ccccc23)SC1=C1C(=O)Nc2ccc(Cl)cc21. The zero-order valence-electron chi connectivity index (χ0n) is 23.2. The van der Waals surface area contributed by atoms with Crippen molar-refractivity contribution in [3.8, 4) is 5.69 Å². The lowest BCUT2D eigenvalue weighted by Crippen LogP contribution is -2.28. The number of rotatable bonds is 8. The number of thioether (sulfide) groups is 1. The van der Waals surface area contributed by atoms with Gasteiger partial charge < -0.3 is 19.7 Å². The second-order valence-electron chi connectivity index (χ2n) is 10.3. The smallest absolute Gasteiger partial charge is 0.259 e. The lowest BCUT2D eigenvalue weighted by molar-refractivity contribution is -0.110. The molecule has 8 heteroatoms. The molecule has 0 aliphatic carbocycles. The summed E-state index contributed by atoms with van der Waals surface area (Å²) in [6.07, 6.45) is 5.27. The second-order valence-corrected chi connectivity index (χ2v) is 11.8. The van der Waals surface area contributed by atoms with Gasteiger partial charge >= 0.3 is 0 Å². The van der Waals surface area contributed by atoms with Crippen LogP contribution in [0, 0.1) is 5.82 Å². The molecule has 4 aromatic rings. The minimum absolute atomic E-state index is 0.0949. The molecule has 3 aromatic carbocycles. The molecule has 0 spiro atoms. The summed E-state index contributed by atoms with van der Waals surface area (Å²) < 4.78 is 16.1. The number of nitrogens with one attached hydrogen (secondary N) is 1. The monoisotopic (exact) mass is 586 g/mol. The highest BCUT2D eigenvalue weighted by molar-refractivity contribution is 8.07. The summed E-state index contributed by atoms with van der Waals surface area (Å²) in [6.45, 7) is 8.98. The van der Waals surface area contributed by atoms with E-state index in [1.54, 1.807) is 30.0 Å². The second kappa shape index (κ2) is 11.8. The fourth-order valence-corrected chi connectivity index (χ4v) is 7.07. The van der Waals surface area contributed by atoms with E-state index in [1.807, 2.05) is 34.9 Å². The molecule has 5 nitrogen and oxygen atoms in total. The number of aromatic nitrogens is 1. The van der Waals surface area contributed by atoms with Gasteiger partial charge in [0.1, 0.15) is 5.82 Å². The van der Waals surface area contributed by atoms with Crippen LogP contribution in [0.2, 0.25) is 5.02 Å². The van der Waals surface area contributed by atoms with E-state index in [2.05, 4.69) is 53.4 Å². The summed E-state index contributed by atoms with van der Waals surface area (Å²) in [5, 5.41) is 5.68. The van der Waals surface area contributed by atoms with Crippen molar-refractivity contribution in [1.29, 1.82) is 0 Å². The molecule has 1 saturated heterocycles. The summed E-state index contributed by atoms with van der Waals surface area (Å²) in [5.41, 5.74) is 5.18. The molecule has 2 aliphatic heterocycles. The van der Waals surface area contributed by atoms with Gasteiger partial charge in [0.05, 0.1) is 16.1 Å². The molecular formula is C33H32ClFN4OS. The van der Waals surface area contributed by atoms with Gasteiger partial charge in [0, 0.05) is 57.1 Å². The van der Waals surface area contributed by atoms with Crippen molar-refractivity contribution in [3.05, 3.63) is 105 Å². The van der Waals surface area contributed by atoms with Crippen molar-refractivity contribution in [2.45, 2.75) is 20.3 Å². The topological polar surface area (TPSA) is 40.5 Å². The van der Waals surface area contributed by atoms with E-state index >= 15 is 0 Å². The first-order chi connectivity index (χ1) is 19.9. The highest BCUT2D eigenvalue weighted by atomic mass is 35.5.